The summed E-state index contributed by atoms with van der Waals surface area (Å²) < 4.78 is 14.1. The zero-order valence-electron chi connectivity index (χ0n) is 10.2. The number of aliphatic hydroxyl groups is 1. The molecule has 0 amide bonds. The van der Waals surface area contributed by atoms with Crippen LogP contribution in [-0.4, -0.2) is 5.11 Å². The first-order valence-electron chi connectivity index (χ1n) is 6.12. The van der Waals surface area contributed by atoms with Gasteiger partial charge in [-0.2, -0.15) is 0 Å². The van der Waals surface area contributed by atoms with E-state index in [0.29, 0.717) is 6.42 Å². The number of thiophene rings is 2. The Morgan fingerprint density at radius 3 is 2.89 bits per heavy atom. The van der Waals surface area contributed by atoms with Gasteiger partial charge in [-0.25, -0.2) is 4.39 Å². The molecule has 0 aliphatic carbocycles. The molecule has 0 saturated carbocycles. The van der Waals surface area contributed by atoms with Crippen LogP contribution >= 0.6 is 22.7 Å². The van der Waals surface area contributed by atoms with Crippen LogP contribution in [0, 0.1) is 5.82 Å². The molecule has 0 spiro atoms. The van der Waals surface area contributed by atoms with Gasteiger partial charge < -0.3 is 5.11 Å². The van der Waals surface area contributed by atoms with E-state index in [1.807, 2.05) is 17.5 Å². The van der Waals surface area contributed by atoms with Gasteiger partial charge >= 0.3 is 0 Å². The van der Waals surface area contributed by atoms with E-state index in [1.54, 1.807) is 17.4 Å². The summed E-state index contributed by atoms with van der Waals surface area (Å²) in [7, 11) is 0. The first-order chi connectivity index (χ1) is 9.22. The largest absolute Gasteiger partial charge is 0.388 e. The fraction of sp³-hybridized carbons (Fsp3) is 0.200. The van der Waals surface area contributed by atoms with E-state index >= 15 is 0 Å². The summed E-state index contributed by atoms with van der Waals surface area (Å²) in [5, 5.41) is 13.1. The fourth-order valence-corrected chi connectivity index (χ4v) is 3.87. The molecule has 2 heterocycles. The summed E-state index contributed by atoms with van der Waals surface area (Å²) in [6.45, 7) is 0. The Bertz CT molecular complexity index is 673. The normalized spacial score (nSPS) is 12.9. The third-order valence-electron chi connectivity index (χ3n) is 3.07. The van der Waals surface area contributed by atoms with Crippen molar-refractivity contribution >= 4 is 32.8 Å². The predicted molar refractivity (Wildman–Crippen MR) is 79.4 cm³/mol. The fourth-order valence-electron chi connectivity index (χ4n) is 2.08. The Hall–Kier alpha value is -1.23. The molecule has 1 nitrogen and oxygen atoms in total. The van der Waals surface area contributed by atoms with E-state index in [1.165, 1.54) is 28.3 Å². The molecule has 3 rings (SSSR count). The first kappa shape index (κ1) is 12.8. The van der Waals surface area contributed by atoms with Crippen molar-refractivity contribution < 1.29 is 9.50 Å². The standard InChI is InChI=1S/C15H13FOS2/c16-11-3-6-14-10(8-11)9-15(19-14)13(17)5-4-12-2-1-7-18-12/h1-3,6-9,13,17H,4-5H2. The van der Waals surface area contributed by atoms with Crippen LogP contribution in [-0.2, 0) is 6.42 Å². The number of fused-ring (bicyclic) bond motifs is 1. The van der Waals surface area contributed by atoms with E-state index in [0.717, 1.165) is 21.4 Å². The third kappa shape index (κ3) is 2.86. The highest BCUT2D eigenvalue weighted by Gasteiger charge is 2.12. The molecule has 0 aliphatic heterocycles. The van der Waals surface area contributed by atoms with Gasteiger partial charge in [-0.05, 0) is 53.9 Å². The number of hydrogen-bond donors (Lipinski definition) is 1. The van der Waals surface area contributed by atoms with Crippen molar-refractivity contribution in [3.05, 3.63) is 57.3 Å². The minimum Gasteiger partial charge on any atom is -0.388 e. The second-order valence-corrected chi connectivity index (χ2v) is 6.61. The second kappa shape index (κ2) is 5.41. The maximum absolute atomic E-state index is 13.1. The molecule has 1 unspecified atom stereocenters. The van der Waals surface area contributed by atoms with Crippen LogP contribution in [0.15, 0.2) is 41.8 Å². The van der Waals surface area contributed by atoms with Crippen molar-refractivity contribution in [2.75, 3.05) is 0 Å². The molecule has 19 heavy (non-hydrogen) atoms. The van der Waals surface area contributed by atoms with E-state index in [2.05, 4.69) is 6.07 Å². The Morgan fingerprint density at radius 1 is 1.21 bits per heavy atom. The maximum atomic E-state index is 13.1. The molecule has 0 saturated heterocycles. The molecule has 2 aromatic heterocycles. The Morgan fingerprint density at radius 2 is 2.11 bits per heavy atom. The molecule has 0 aliphatic rings. The molecule has 0 radical (unpaired) electrons. The lowest BCUT2D eigenvalue weighted by Gasteiger charge is -2.06. The molecule has 1 atom stereocenters. The van der Waals surface area contributed by atoms with E-state index in [-0.39, 0.29) is 5.82 Å². The zero-order chi connectivity index (χ0) is 13.2. The summed E-state index contributed by atoms with van der Waals surface area (Å²) >= 11 is 3.25. The summed E-state index contributed by atoms with van der Waals surface area (Å²) in [6, 6.07) is 10.7. The third-order valence-corrected chi connectivity index (χ3v) is 5.22. The van der Waals surface area contributed by atoms with Crippen LogP contribution in [0.25, 0.3) is 10.1 Å². The van der Waals surface area contributed by atoms with Crippen LogP contribution < -0.4 is 0 Å². The highest BCUT2D eigenvalue weighted by Crippen LogP contribution is 2.32. The molecular weight excluding hydrogens is 279 g/mol. The van der Waals surface area contributed by atoms with Crippen LogP contribution in [0.3, 0.4) is 0 Å². The van der Waals surface area contributed by atoms with Gasteiger partial charge in [-0.1, -0.05) is 6.07 Å². The van der Waals surface area contributed by atoms with Crippen LogP contribution in [0.5, 0.6) is 0 Å². The van der Waals surface area contributed by atoms with Crippen LogP contribution in [0.2, 0.25) is 0 Å². The number of benzene rings is 1. The number of hydrogen-bond acceptors (Lipinski definition) is 3. The highest BCUT2D eigenvalue weighted by molar-refractivity contribution is 7.19. The quantitative estimate of drug-likeness (QED) is 0.734. The first-order valence-corrected chi connectivity index (χ1v) is 7.81. The molecular formula is C15H13FOS2. The summed E-state index contributed by atoms with van der Waals surface area (Å²) in [4.78, 5) is 2.20. The smallest absolute Gasteiger partial charge is 0.123 e. The SMILES string of the molecule is OC(CCc1cccs1)c1cc2cc(F)ccc2s1. The molecule has 3 aromatic rings. The zero-order valence-corrected chi connectivity index (χ0v) is 11.8. The number of aliphatic hydroxyl groups excluding tert-OH is 1. The predicted octanol–water partition coefficient (Wildman–Crippen LogP) is 4.77. The molecule has 0 fully saturated rings. The van der Waals surface area contributed by atoms with Crippen LogP contribution in [0.1, 0.15) is 22.3 Å². The van der Waals surface area contributed by atoms with Gasteiger partial charge in [0.1, 0.15) is 5.82 Å². The van der Waals surface area contributed by atoms with Crippen LogP contribution in [0.4, 0.5) is 4.39 Å². The Kier molecular flexibility index (Phi) is 3.64. The lowest BCUT2D eigenvalue weighted by molar-refractivity contribution is 0.172. The van der Waals surface area contributed by atoms with E-state index in [9.17, 15) is 9.50 Å². The van der Waals surface area contributed by atoms with Gasteiger partial charge in [0.15, 0.2) is 0 Å². The Balaban J connectivity index is 1.75. The summed E-state index contributed by atoms with van der Waals surface area (Å²) in [5.41, 5.74) is 0. The van der Waals surface area contributed by atoms with Crippen molar-refractivity contribution in [3.63, 3.8) is 0 Å². The van der Waals surface area contributed by atoms with Gasteiger partial charge in [-0.3, -0.25) is 0 Å². The van der Waals surface area contributed by atoms with Crippen molar-refractivity contribution in [3.8, 4) is 0 Å². The molecule has 1 N–H and O–H groups in total. The summed E-state index contributed by atoms with van der Waals surface area (Å²) in [6.07, 6.45) is 1.11. The van der Waals surface area contributed by atoms with Crippen molar-refractivity contribution in [2.45, 2.75) is 18.9 Å². The molecule has 4 heteroatoms. The van der Waals surface area contributed by atoms with Gasteiger partial charge in [0.2, 0.25) is 0 Å². The van der Waals surface area contributed by atoms with Crippen molar-refractivity contribution in [1.29, 1.82) is 0 Å². The molecule has 1 aromatic carbocycles. The van der Waals surface area contributed by atoms with Crippen molar-refractivity contribution in [1.82, 2.24) is 0 Å². The number of aryl methyl sites for hydroxylation is 1. The topological polar surface area (TPSA) is 20.2 Å². The monoisotopic (exact) mass is 292 g/mol. The second-order valence-electron chi connectivity index (χ2n) is 4.46. The maximum Gasteiger partial charge on any atom is 0.123 e. The van der Waals surface area contributed by atoms with Crippen molar-refractivity contribution in [2.24, 2.45) is 0 Å². The van der Waals surface area contributed by atoms with Gasteiger partial charge in [0, 0.05) is 14.5 Å². The van der Waals surface area contributed by atoms with Gasteiger partial charge in [0.05, 0.1) is 6.10 Å². The minimum atomic E-state index is -0.470. The molecule has 0 bridgehead atoms. The van der Waals surface area contributed by atoms with E-state index < -0.39 is 6.10 Å². The lowest BCUT2D eigenvalue weighted by atomic mass is 10.1. The lowest BCUT2D eigenvalue weighted by Crippen LogP contribution is -1.95. The van der Waals surface area contributed by atoms with Gasteiger partial charge in [-0.15, -0.1) is 22.7 Å². The van der Waals surface area contributed by atoms with Gasteiger partial charge in [0.25, 0.3) is 0 Å². The molecule has 98 valence electrons. The minimum absolute atomic E-state index is 0.232. The number of rotatable bonds is 4. The average Bonchev–Trinajstić information content (AvgIpc) is 3.04. The summed E-state index contributed by atoms with van der Waals surface area (Å²) in [5.74, 6) is -0.232. The Labute approximate surface area is 119 Å². The average molecular weight is 292 g/mol. The number of halogens is 1. The highest BCUT2D eigenvalue weighted by atomic mass is 32.1. The van der Waals surface area contributed by atoms with E-state index in [4.69, 9.17) is 0 Å².